The van der Waals surface area contributed by atoms with E-state index in [0.29, 0.717) is 50.2 Å². The lowest BCUT2D eigenvalue weighted by molar-refractivity contribution is -0.142. The third-order valence-corrected chi connectivity index (χ3v) is 11.9. The zero-order valence-corrected chi connectivity index (χ0v) is 34.0. The number of ether oxygens (including phenoxy) is 2. The van der Waals surface area contributed by atoms with Gasteiger partial charge in [0.05, 0.1) is 43.4 Å². The molecule has 2 saturated heterocycles. The molecule has 2 aromatic heterocycles. The van der Waals surface area contributed by atoms with E-state index in [4.69, 9.17) is 9.47 Å². The monoisotopic (exact) mass is 825 g/mol. The van der Waals surface area contributed by atoms with Gasteiger partial charge in [0.2, 0.25) is 11.8 Å². The zero-order valence-electron chi connectivity index (χ0n) is 34.0. The van der Waals surface area contributed by atoms with Crippen molar-refractivity contribution in [3.05, 3.63) is 84.1 Å². The Labute approximate surface area is 346 Å². The molecule has 3 N–H and O–H groups in total. The minimum absolute atomic E-state index is 0.0106. The van der Waals surface area contributed by atoms with Gasteiger partial charge in [-0.3, -0.25) is 19.3 Å². The average Bonchev–Trinajstić information content (AvgIpc) is 4.02. The summed E-state index contributed by atoms with van der Waals surface area (Å²) < 4.78 is 41.2. The van der Waals surface area contributed by atoms with E-state index in [-0.39, 0.29) is 29.8 Å². The van der Waals surface area contributed by atoms with Gasteiger partial charge in [-0.2, -0.15) is 0 Å². The molecule has 2 fully saturated rings. The lowest BCUT2D eigenvalue weighted by atomic mass is 9.79. The first-order chi connectivity index (χ1) is 28.6. The van der Waals surface area contributed by atoms with Crippen molar-refractivity contribution in [3.8, 4) is 22.4 Å². The van der Waals surface area contributed by atoms with Crippen LogP contribution in [0.3, 0.4) is 0 Å². The molecule has 4 amide bonds. The van der Waals surface area contributed by atoms with Crippen LogP contribution in [0.2, 0.25) is 0 Å². The van der Waals surface area contributed by atoms with Crippen molar-refractivity contribution in [2.45, 2.75) is 101 Å². The number of alkyl carbamates (subject to hydrolysis) is 1. The van der Waals surface area contributed by atoms with Crippen LogP contribution in [0.5, 0.6) is 0 Å². The number of aryl methyl sites for hydroxylation is 1. The first kappa shape index (κ1) is 40.7. The highest BCUT2D eigenvalue weighted by Gasteiger charge is 2.50. The Hall–Kier alpha value is -6.06. The first-order valence-electron chi connectivity index (χ1n) is 20.4. The standard InChI is InChI=1S/C44H49F2N7O7/c1-43(2,3)60-42(58)53-24-44(45,46)21-34(53)38-47-22-32(49-38)27-9-7-25(8-10-27)26-11-14-30(15-12-26)48-39(55)33-6-5-18-52(33)40(56)29-20-35(54)36-31(50-41(57)59-4)16-13-28-17-19-51(23-29)37(28)36/h7-12,14-15,17,19,22,29,31,33-34,36H,5-6,13,16,18,20-21,23-24H2,1-4H3,(H,47,49)(H,48,55)(H,50,57)/t29-,31-,33-,34-,36?/m0/s1. The Balaban J connectivity index is 0.897. The molecule has 0 bridgehead atoms. The van der Waals surface area contributed by atoms with Gasteiger partial charge in [-0.15, -0.1) is 0 Å². The summed E-state index contributed by atoms with van der Waals surface area (Å²) in [5.41, 5.74) is 4.79. The number of benzene rings is 2. The van der Waals surface area contributed by atoms with Gasteiger partial charge in [0, 0.05) is 49.6 Å². The Bertz CT molecular complexity index is 2300. The number of hydrogen-bond donors (Lipinski definition) is 3. The number of anilines is 1. The number of amides is 4. The quantitative estimate of drug-likeness (QED) is 0.182. The maximum atomic E-state index is 14.5. The number of alkyl halides is 2. The Morgan fingerprint density at radius 3 is 2.35 bits per heavy atom. The van der Waals surface area contributed by atoms with E-state index in [0.717, 1.165) is 32.8 Å². The summed E-state index contributed by atoms with van der Waals surface area (Å²) in [5, 5.41) is 5.81. The summed E-state index contributed by atoms with van der Waals surface area (Å²) in [6.45, 7) is 5.03. The fourth-order valence-corrected chi connectivity index (χ4v) is 9.10. The smallest absolute Gasteiger partial charge is 0.411 e. The molecule has 4 aliphatic rings. The fraction of sp³-hybridized carbons (Fsp3) is 0.455. The number of carbonyl (C=O) groups is 5. The molecular weight excluding hydrogens is 777 g/mol. The average molecular weight is 826 g/mol. The number of aromatic nitrogens is 3. The molecule has 5 atom stereocenters. The molecule has 0 radical (unpaired) electrons. The highest BCUT2D eigenvalue weighted by Crippen LogP contribution is 2.42. The van der Waals surface area contributed by atoms with Crippen molar-refractivity contribution in [3.63, 3.8) is 0 Å². The predicted octanol–water partition coefficient (Wildman–Crippen LogP) is 6.84. The Morgan fingerprint density at radius 2 is 1.65 bits per heavy atom. The van der Waals surface area contributed by atoms with E-state index in [1.54, 1.807) is 44.0 Å². The second-order valence-corrected chi connectivity index (χ2v) is 17.2. The minimum atomic E-state index is -3.07. The minimum Gasteiger partial charge on any atom is -0.453 e. The number of carbonyl (C=O) groups excluding carboxylic acids is 5. The maximum Gasteiger partial charge on any atom is 0.411 e. The summed E-state index contributed by atoms with van der Waals surface area (Å²) >= 11 is 0. The predicted molar refractivity (Wildman–Crippen MR) is 216 cm³/mol. The molecule has 2 aromatic carbocycles. The summed E-state index contributed by atoms with van der Waals surface area (Å²) in [6, 6.07) is 14.9. The number of Topliss-reactive ketones (excluding diaryl/α,β-unsaturated/α-hetero) is 1. The molecule has 4 aromatic rings. The Kier molecular flexibility index (Phi) is 10.8. The van der Waals surface area contributed by atoms with Gasteiger partial charge < -0.3 is 34.6 Å². The number of halogens is 2. The van der Waals surface area contributed by atoms with Crippen LogP contribution in [0, 0.1) is 5.92 Å². The number of methoxy groups -OCH3 is 1. The molecule has 1 aliphatic carbocycles. The molecule has 8 rings (SSSR count). The number of rotatable bonds is 7. The molecule has 5 heterocycles. The fourth-order valence-electron chi connectivity index (χ4n) is 9.10. The number of H-pyrrole nitrogens is 1. The number of ketones is 1. The third kappa shape index (κ3) is 8.23. The van der Waals surface area contributed by atoms with E-state index >= 15 is 0 Å². The number of aromatic amines is 1. The van der Waals surface area contributed by atoms with Crippen molar-refractivity contribution >= 4 is 35.5 Å². The van der Waals surface area contributed by atoms with E-state index in [1.807, 2.05) is 53.2 Å². The van der Waals surface area contributed by atoms with Crippen LogP contribution >= 0.6 is 0 Å². The van der Waals surface area contributed by atoms with Gasteiger partial charge in [0.15, 0.2) is 0 Å². The van der Waals surface area contributed by atoms with Crippen LogP contribution in [0.25, 0.3) is 22.4 Å². The molecule has 316 valence electrons. The topological polar surface area (TPSA) is 168 Å². The van der Waals surface area contributed by atoms with Gasteiger partial charge >= 0.3 is 12.2 Å². The van der Waals surface area contributed by atoms with Crippen molar-refractivity contribution in [2.75, 3.05) is 25.5 Å². The van der Waals surface area contributed by atoms with Crippen molar-refractivity contribution in [1.82, 2.24) is 29.7 Å². The lowest BCUT2D eigenvalue weighted by Gasteiger charge is -2.31. The summed E-state index contributed by atoms with van der Waals surface area (Å²) in [4.78, 5) is 76.6. The number of likely N-dealkylation sites (tertiary alicyclic amines) is 2. The SMILES string of the molecule is COC(=O)N[C@H]1CCc2ccn3c2C1C(=O)C[C@H](C(=O)N1CCC[C@H]1C(=O)Nc1ccc(-c2ccc(-c4cnc([C@@H]5CC(F)(F)CN5C(=O)OC(C)(C)C)[nH]4)cc2)cc1)C3. The largest absolute Gasteiger partial charge is 0.453 e. The number of imidazole rings is 1. The van der Waals surface area contributed by atoms with Crippen LogP contribution in [-0.2, 0) is 36.8 Å². The second kappa shape index (κ2) is 15.8. The number of hydrogen-bond acceptors (Lipinski definition) is 8. The van der Waals surface area contributed by atoms with Gasteiger partial charge in [-0.1, -0.05) is 36.4 Å². The Morgan fingerprint density at radius 1 is 0.950 bits per heavy atom. The molecule has 0 spiro atoms. The second-order valence-electron chi connectivity index (χ2n) is 17.2. The van der Waals surface area contributed by atoms with Crippen LogP contribution in [0.4, 0.5) is 24.1 Å². The normalized spacial score (nSPS) is 23.4. The highest BCUT2D eigenvalue weighted by atomic mass is 19.3. The van der Waals surface area contributed by atoms with Gasteiger partial charge in [0.25, 0.3) is 5.92 Å². The van der Waals surface area contributed by atoms with Crippen LogP contribution in [0.1, 0.15) is 81.9 Å². The van der Waals surface area contributed by atoms with E-state index in [9.17, 15) is 32.8 Å². The first-order valence-corrected chi connectivity index (χ1v) is 20.4. The van der Waals surface area contributed by atoms with E-state index < -0.39 is 66.6 Å². The van der Waals surface area contributed by atoms with Crippen molar-refractivity contribution in [1.29, 1.82) is 0 Å². The van der Waals surface area contributed by atoms with E-state index in [1.165, 1.54) is 7.11 Å². The molecule has 14 nitrogen and oxygen atoms in total. The van der Waals surface area contributed by atoms with Crippen molar-refractivity contribution in [2.24, 2.45) is 5.92 Å². The number of nitrogens with one attached hydrogen (secondary N) is 3. The summed E-state index contributed by atoms with van der Waals surface area (Å²) in [6.07, 6.45) is 3.95. The molecule has 3 aliphatic heterocycles. The maximum absolute atomic E-state index is 14.5. The summed E-state index contributed by atoms with van der Waals surface area (Å²) in [5.74, 6) is -4.69. The van der Waals surface area contributed by atoms with Gasteiger partial charge in [0.1, 0.15) is 23.3 Å². The van der Waals surface area contributed by atoms with Crippen LogP contribution in [0.15, 0.2) is 67.0 Å². The van der Waals surface area contributed by atoms with Crippen LogP contribution < -0.4 is 10.6 Å². The molecule has 60 heavy (non-hydrogen) atoms. The van der Waals surface area contributed by atoms with E-state index in [2.05, 4.69) is 20.6 Å². The zero-order chi connectivity index (χ0) is 42.5. The molecular formula is C44H49F2N7O7. The molecule has 16 heteroatoms. The van der Waals surface area contributed by atoms with Crippen LogP contribution in [-0.4, -0.2) is 97.9 Å². The summed E-state index contributed by atoms with van der Waals surface area (Å²) in [7, 11) is 1.29. The van der Waals surface area contributed by atoms with Gasteiger partial charge in [-0.05, 0) is 86.9 Å². The molecule has 0 saturated carbocycles. The van der Waals surface area contributed by atoms with Crippen molar-refractivity contribution < 1.29 is 42.2 Å². The third-order valence-electron chi connectivity index (χ3n) is 11.9. The van der Waals surface area contributed by atoms with Gasteiger partial charge in [-0.25, -0.2) is 23.4 Å². The highest BCUT2D eigenvalue weighted by molar-refractivity contribution is 5.99. The molecule has 1 unspecified atom stereocenters. The lowest BCUT2D eigenvalue weighted by Crippen LogP contribution is -2.47. The number of nitrogens with zero attached hydrogens (tertiary/aromatic N) is 4.